The summed E-state index contributed by atoms with van der Waals surface area (Å²) in [5.74, 6) is 0. The van der Waals surface area contributed by atoms with E-state index in [0.29, 0.717) is 14.5 Å². The van der Waals surface area contributed by atoms with Crippen molar-refractivity contribution in [3.8, 4) is 0 Å². The molecule has 0 saturated heterocycles. The molecule has 0 N–H and O–H groups in total. The average molecular weight is 281 g/mol. The van der Waals surface area contributed by atoms with Crippen LogP contribution in [0.15, 0.2) is 59.5 Å². The van der Waals surface area contributed by atoms with Gasteiger partial charge >= 0.3 is 105 Å². The van der Waals surface area contributed by atoms with E-state index in [0.717, 1.165) is 0 Å². The molecule has 0 nitrogen and oxygen atoms in total. The van der Waals surface area contributed by atoms with E-state index in [4.69, 9.17) is 0 Å². The summed E-state index contributed by atoms with van der Waals surface area (Å²) in [7, 11) is 0. The first-order chi connectivity index (χ1) is 8.43. The van der Waals surface area contributed by atoms with E-state index >= 15 is 0 Å². The molecule has 4 rings (SSSR count). The van der Waals surface area contributed by atoms with Gasteiger partial charge in [-0.25, -0.2) is 0 Å². The fraction of sp³-hybridized carbons (Fsp3) is 0. The molecule has 0 saturated carbocycles. The van der Waals surface area contributed by atoms with E-state index < -0.39 is 0 Å². The molecule has 0 fully saturated rings. The van der Waals surface area contributed by atoms with Gasteiger partial charge in [0.2, 0.25) is 0 Å². The van der Waals surface area contributed by atoms with Gasteiger partial charge in [0.15, 0.2) is 0 Å². The molecule has 0 aliphatic rings. The summed E-state index contributed by atoms with van der Waals surface area (Å²) in [6.45, 7) is 0. The molecule has 4 aromatic rings. The Bertz CT molecular complexity index is 840. The maximum atomic E-state index is 2.32. The Labute approximate surface area is 105 Å². The van der Waals surface area contributed by atoms with Gasteiger partial charge in [0, 0.05) is 0 Å². The van der Waals surface area contributed by atoms with Crippen molar-refractivity contribution in [3.63, 3.8) is 0 Å². The van der Waals surface area contributed by atoms with Crippen LogP contribution in [-0.4, -0.2) is 14.5 Å². The molecule has 0 bridgehead atoms. The number of rotatable bonds is 0. The Morgan fingerprint density at radius 2 is 1.47 bits per heavy atom. The molecule has 17 heavy (non-hydrogen) atoms. The fourth-order valence-electron chi connectivity index (χ4n) is 2.55. The minimum atomic E-state index is 0.528. The Morgan fingerprint density at radius 1 is 0.647 bits per heavy atom. The SMILES string of the molecule is c1ccc2c(c1)ccc1ccc3[se]ccc3c12. The van der Waals surface area contributed by atoms with Crippen LogP contribution in [0.1, 0.15) is 0 Å². The minimum absolute atomic E-state index is 0.528. The van der Waals surface area contributed by atoms with Crippen LogP contribution >= 0.6 is 0 Å². The molecule has 0 spiro atoms. The molecule has 0 aliphatic carbocycles. The summed E-state index contributed by atoms with van der Waals surface area (Å²) in [6, 6.07) is 20.0. The van der Waals surface area contributed by atoms with Crippen molar-refractivity contribution < 1.29 is 0 Å². The molecule has 0 atom stereocenters. The zero-order valence-electron chi connectivity index (χ0n) is 9.18. The molecule has 1 aromatic heterocycles. The van der Waals surface area contributed by atoms with Crippen LogP contribution < -0.4 is 0 Å². The summed E-state index contributed by atoms with van der Waals surface area (Å²) in [6.07, 6.45) is 0. The van der Waals surface area contributed by atoms with E-state index in [1.54, 1.807) is 0 Å². The van der Waals surface area contributed by atoms with Gasteiger partial charge in [-0.1, -0.05) is 0 Å². The van der Waals surface area contributed by atoms with Crippen LogP contribution in [0.5, 0.6) is 0 Å². The Hall–Kier alpha value is -1.56. The Kier molecular flexibility index (Phi) is 1.93. The van der Waals surface area contributed by atoms with Crippen LogP contribution in [0, 0.1) is 0 Å². The first kappa shape index (κ1) is 9.47. The average Bonchev–Trinajstić information content (AvgIpc) is 2.86. The van der Waals surface area contributed by atoms with Crippen LogP contribution in [0.3, 0.4) is 0 Å². The van der Waals surface area contributed by atoms with E-state index in [1.807, 2.05) is 0 Å². The second-order valence-corrected chi connectivity index (χ2v) is 6.27. The molecule has 1 heteroatoms. The summed E-state index contributed by atoms with van der Waals surface area (Å²) < 4.78 is 1.52. The van der Waals surface area contributed by atoms with Crippen molar-refractivity contribution in [2.75, 3.05) is 0 Å². The quantitative estimate of drug-likeness (QED) is 0.335. The van der Waals surface area contributed by atoms with Crippen molar-refractivity contribution in [2.24, 2.45) is 0 Å². The third-order valence-corrected chi connectivity index (χ3v) is 5.19. The molecule has 0 radical (unpaired) electrons. The van der Waals surface area contributed by atoms with Crippen molar-refractivity contribution in [2.45, 2.75) is 0 Å². The molecule has 3 aromatic carbocycles. The second kappa shape index (κ2) is 3.46. The van der Waals surface area contributed by atoms with Gasteiger partial charge in [0.25, 0.3) is 0 Å². The summed E-state index contributed by atoms with van der Waals surface area (Å²) >= 11 is 0.528. The first-order valence-electron chi connectivity index (χ1n) is 5.71. The van der Waals surface area contributed by atoms with Crippen molar-refractivity contribution in [1.29, 1.82) is 0 Å². The summed E-state index contributed by atoms with van der Waals surface area (Å²) in [4.78, 5) is 2.32. The third-order valence-electron chi connectivity index (χ3n) is 3.34. The van der Waals surface area contributed by atoms with Crippen LogP contribution in [-0.2, 0) is 0 Å². The molecular formula is C16H10Se. The number of hydrogen-bond donors (Lipinski definition) is 0. The van der Waals surface area contributed by atoms with Gasteiger partial charge < -0.3 is 0 Å². The standard InChI is InChI=1S/C16H10Se/c1-2-4-13-11(3-1)5-6-12-7-8-15-14(16(12)13)9-10-17-15/h1-10H. The van der Waals surface area contributed by atoms with Crippen LogP contribution in [0.2, 0.25) is 0 Å². The predicted octanol–water partition coefficient (Wildman–Crippen LogP) is 4.20. The molecule has 1 heterocycles. The number of hydrogen-bond acceptors (Lipinski definition) is 0. The monoisotopic (exact) mass is 282 g/mol. The van der Waals surface area contributed by atoms with Crippen LogP contribution in [0.4, 0.5) is 0 Å². The van der Waals surface area contributed by atoms with E-state index in [1.165, 1.54) is 31.2 Å². The van der Waals surface area contributed by atoms with E-state index in [-0.39, 0.29) is 0 Å². The van der Waals surface area contributed by atoms with Gasteiger partial charge in [-0.3, -0.25) is 0 Å². The maximum absolute atomic E-state index is 2.32. The Morgan fingerprint density at radius 3 is 2.47 bits per heavy atom. The molecule has 80 valence electrons. The zero-order chi connectivity index (χ0) is 11.2. The van der Waals surface area contributed by atoms with Gasteiger partial charge in [-0.05, 0) is 0 Å². The molecule has 0 amide bonds. The van der Waals surface area contributed by atoms with E-state index in [9.17, 15) is 0 Å². The van der Waals surface area contributed by atoms with Crippen molar-refractivity contribution in [3.05, 3.63) is 59.5 Å². The molecular weight excluding hydrogens is 271 g/mol. The topological polar surface area (TPSA) is 0 Å². The van der Waals surface area contributed by atoms with Gasteiger partial charge in [0.1, 0.15) is 0 Å². The fourth-order valence-corrected chi connectivity index (χ4v) is 4.22. The zero-order valence-corrected chi connectivity index (χ0v) is 10.9. The number of benzene rings is 3. The van der Waals surface area contributed by atoms with Crippen molar-refractivity contribution >= 4 is 45.7 Å². The van der Waals surface area contributed by atoms with Crippen LogP contribution in [0.25, 0.3) is 31.2 Å². The summed E-state index contributed by atoms with van der Waals surface area (Å²) in [5, 5.41) is 6.94. The van der Waals surface area contributed by atoms with Gasteiger partial charge in [-0.15, -0.1) is 0 Å². The van der Waals surface area contributed by atoms with Crippen molar-refractivity contribution in [1.82, 2.24) is 0 Å². The number of fused-ring (bicyclic) bond motifs is 5. The molecule has 0 aliphatic heterocycles. The Balaban J connectivity index is 2.41. The predicted molar refractivity (Wildman–Crippen MR) is 75.9 cm³/mol. The summed E-state index contributed by atoms with van der Waals surface area (Å²) in [5.41, 5.74) is 0. The third kappa shape index (κ3) is 1.30. The molecule has 0 unspecified atom stereocenters. The first-order valence-corrected chi connectivity index (χ1v) is 7.56. The normalized spacial score (nSPS) is 11.5. The van der Waals surface area contributed by atoms with Gasteiger partial charge in [0.05, 0.1) is 0 Å². The second-order valence-electron chi connectivity index (χ2n) is 4.28. The van der Waals surface area contributed by atoms with Gasteiger partial charge in [-0.2, -0.15) is 0 Å². The van der Waals surface area contributed by atoms with E-state index in [2.05, 4.69) is 59.5 Å².